The minimum absolute atomic E-state index is 0.0303. The number of ether oxygens (including phenoxy) is 1. The average Bonchev–Trinajstić information content (AvgIpc) is 2.67. The summed E-state index contributed by atoms with van der Waals surface area (Å²) in [5.41, 5.74) is 2.27. The molecule has 0 unspecified atom stereocenters. The van der Waals surface area contributed by atoms with E-state index in [0.29, 0.717) is 43.6 Å². The minimum Gasteiger partial charge on any atom is -0.484 e. The molecule has 3 rings (SSSR count). The van der Waals surface area contributed by atoms with Gasteiger partial charge in [-0.15, -0.1) is 0 Å². The zero-order valence-electron chi connectivity index (χ0n) is 15.0. The summed E-state index contributed by atoms with van der Waals surface area (Å²) in [7, 11) is 0. The van der Waals surface area contributed by atoms with Gasteiger partial charge in [0.15, 0.2) is 6.61 Å². The van der Waals surface area contributed by atoms with E-state index in [4.69, 9.17) is 10.00 Å². The number of aryl methyl sites for hydroxylation is 2. The van der Waals surface area contributed by atoms with Gasteiger partial charge in [-0.3, -0.25) is 4.79 Å². The monoisotopic (exact) mass is 351 g/mol. The highest BCUT2D eigenvalue weighted by molar-refractivity contribution is 5.78. The molecule has 1 aliphatic rings. The Morgan fingerprint density at radius 3 is 2.50 bits per heavy atom. The highest BCUT2D eigenvalue weighted by Gasteiger charge is 2.23. The molecule has 0 N–H and O–H groups in total. The number of aromatic nitrogens is 2. The predicted octanol–water partition coefficient (Wildman–Crippen LogP) is 1.69. The Morgan fingerprint density at radius 1 is 1.15 bits per heavy atom. The number of hydrogen-bond donors (Lipinski definition) is 0. The number of anilines is 1. The molecule has 134 valence electrons. The SMILES string of the molecule is Cc1ccc(OCC(=O)N2CCN(c3nc(C)cc(C#N)n3)CC2)cc1. The van der Waals surface area contributed by atoms with Crippen LogP contribution < -0.4 is 9.64 Å². The zero-order chi connectivity index (χ0) is 18.5. The number of carbonyl (C=O) groups is 1. The smallest absolute Gasteiger partial charge is 0.260 e. The van der Waals surface area contributed by atoms with Gasteiger partial charge in [0.1, 0.15) is 17.5 Å². The molecule has 0 aliphatic carbocycles. The molecule has 0 saturated carbocycles. The summed E-state index contributed by atoms with van der Waals surface area (Å²) in [4.78, 5) is 24.8. The summed E-state index contributed by atoms with van der Waals surface area (Å²) >= 11 is 0. The molecule has 0 bridgehead atoms. The lowest BCUT2D eigenvalue weighted by Gasteiger charge is -2.34. The van der Waals surface area contributed by atoms with E-state index in [2.05, 4.69) is 16.0 Å². The molecule has 1 aliphatic heterocycles. The molecule has 0 atom stereocenters. The Hall–Kier alpha value is -3.14. The molecule has 1 saturated heterocycles. The first kappa shape index (κ1) is 17.7. The average molecular weight is 351 g/mol. The van der Waals surface area contributed by atoms with E-state index < -0.39 is 0 Å². The molecule has 2 aromatic rings. The molecule has 1 aromatic heterocycles. The van der Waals surface area contributed by atoms with E-state index >= 15 is 0 Å². The Kier molecular flexibility index (Phi) is 5.32. The number of benzene rings is 1. The van der Waals surface area contributed by atoms with Crippen LogP contribution in [-0.4, -0.2) is 53.6 Å². The Labute approximate surface area is 152 Å². The van der Waals surface area contributed by atoms with Gasteiger partial charge in [-0.1, -0.05) is 17.7 Å². The predicted molar refractivity (Wildman–Crippen MR) is 97.0 cm³/mol. The number of nitriles is 1. The van der Waals surface area contributed by atoms with Crippen molar-refractivity contribution in [3.05, 3.63) is 47.3 Å². The highest BCUT2D eigenvalue weighted by atomic mass is 16.5. The summed E-state index contributed by atoms with van der Waals surface area (Å²) < 4.78 is 5.57. The summed E-state index contributed by atoms with van der Waals surface area (Å²) in [5, 5.41) is 9.04. The van der Waals surface area contributed by atoms with Crippen molar-refractivity contribution in [2.24, 2.45) is 0 Å². The van der Waals surface area contributed by atoms with Crippen LogP contribution >= 0.6 is 0 Å². The Morgan fingerprint density at radius 2 is 1.85 bits per heavy atom. The molecule has 7 nitrogen and oxygen atoms in total. The first-order valence-electron chi connectivity index (χ1n) is 8.53. The third-order valence-electron chi connectivity index (χ3n) is 4.26. The summed E-state index contributed by atoms with van der Waals surface area (Å²) in [6, 6.07) is 11.3. The van der Waals surface area contributed by atoms with Gasteiger partial charge in [0.25, 0.3) is 5.91 Å². The van der Waals surface area contributed by atoms with E-state index in [1.54, 1.807) is 11.0 Å². The van der Waals surface area contributed by atoms with Crippen molar-refractivity contribution in [1.82, 2.24) is 14.9 Å². The standard InChI is InChI=1S/C19H21N5O2/c1-14-3-5-17(6-4-14)26-13-18(25)23-7-9-24(10-8-23)19-21-15(2)11-16(12-20)22-19/h3-6,11H,7-10,13H2,1-2H3. The first-order valence-corrected chi connectivity index (χ1v) is 8.53. The first-order chi connectivity index (χ1) is 12.5. The number of rotatable bonds is 4. The maximum absolute atomic E-state index is 12.3. The van der Waals surface area contributed by atoms with Crippen LogP contribution in [0.15, 0.2) is 30.3 Å². The van der Waals surface area contributed by atoms with Crippen LogP contribution in [0.1, 0.15) is 17.0 Å². The molecule has 26 heavy (non-hydrogen) atoms. The summed E-state index contributed by atoms with van der Waals surface area (Å²) in [5.74, 6) is 1.21. The number of hydrogen-bond acceptors (Lipinski definition) is 6. The zero-order valence-corrected chi connectivity index (χ0v) is 15.0. The maximum Gasteiger partial charge on any atom is 0.260 e. The topological polar surface area (TPSA) is 82.4 Å². The van der Waals surface area contributed by atoms with Crippen LogP contribution in [0, 0.1) is 25.2 Å². The fourth-order valence-corrected chi connectivity index (χ4v) is 2.78. The van der Waals surface area contributed by atoms with E-state index in [0.717, 1.165) is 11.3 Å². The van der Waals surface area contributed by atoms with Crippen LogP contribution in [0.3, 0.4) is 0 Å². The maximum atomic E-state index is 12.3. The fourth-order valence-electron chi connectivity index (χ4n) is 2.78. The number of carbonyl (C=O) groups excluding carboxylic acids is 1. The molecule has 0 radical (unpaired) electrons. The van der Waals surface area contributed by atoms with E-state index in [9.17, 15) is 4.79 Å². The van der Waals surface area contributed by atoms with Gasteiger partial charge >= 0.3 is 0 Å². The summed E-state index contributed by atoms with van der Waals surface area (Å²) in [6.07, 6.45) is 0. The second kappa shape index (κ2) is 7.83. The lowest BCUT2D eigenvalue weighted by molar-refractivity contribution is -0.133. The van der Waals surface area contributed by atoms with Crippen molar-refractivity contribution >= 4 is 11.9 Å². The largest absolute Gasteiger partial charge is 0.484 e. The van der Waals surface area contributed by atoms with Crippen molar-refractivity contribution in [2.75, 3.05) is 37.7 Å². The van der Waals surface area contributed by atoms with Crippen LogP contribution in [-0.2, 0) is 4.79 Å². The van der Waals surface area contributed by atoms with Gasteiger partial charge in [-0.25, -0.2) is 9.97 Å². The highest BCUT2D eigenvalue weighted by Crippen LogP contribution is 2.14. The third kappa shape index (κ3) is 4.28. The van der Waals surface area contributed by atoms with Gasteiger partial charge in [-0.2, -0.15) is 5.26 Å². The molecule has 2 heterocycles. The van der Waals surface area contributed by atoms with Gasteiger partial charge in [0.2, 0.25) is 5.95 Å². The molecular weight excluding hydrogens is 330 g/mol. The lowest BCUT2D eigenvalue weighted by atomic mass is 10.2. The molecule has 1 amide bonds. The Balaban J connectivity index is 1.53. The van der Waals surface area contributed by atoms with E-state index in [1.165, 1.54) is 0 Å². The normalized spacial score (nSPS) is 14.0. The van der Waals surface area contributed by atoms with Crippen molar-refractivity contribution in [1.29, 1.82) is 5.26 Å². The Bertz CT molecular complexity index is 821. The van der Waals surface area contributed by atoms with E-state index in [-0.39, 0.29) is 12.5 Å². The molecule has 0 spiro atoms. The van der Waals surface area contributed by atoms with Gasteiger partial charge in [-0.05, 0) is 32.0 Å². The number of amides is 1. The van der Waals surface area contributed by atoms with Crippen molar-refractivity contribution in [2.45, 2.75) is 13.8 Å². The number of nitrogens with zero attached hydrogens (tertiary/aromatic N) is 5. The molecule has 1 fully saturated rings. The molecular formula is C19H21N5O2. The van der Waals surface area contributed by atoms with Crippen molar-refractivity contribution < 1.29 is 9.53 Å². The molecule has 7 heteroatoms. The van der Waals surface area contributed by atoms with Gasteiger partial charge in [0.05, 0.1) is 0 Å². The quantitative estimate of drug-likeness (QED) is 0.834. The van der Waals surface area contributed by atoms with Crippen LogP contribution in [0.25, 0.3) is 0 Å². The second-order valence-electron chi connectivity index (χ2n) is 6.28. The third-order valence-corrected chi connectivity index (χ3v) is 4.26. The van der Waals surface area contributed by atoms with Crippen molar-refractivity contribution in [3.63, 3.8) is 0 Å². The van der Waals surface area contributed by atoms with Crippen molar-refractivity contribution in [3.8, 4) is 11.8 Å². The summed E-state index contributed by atoms with van der Waals surface area (Å²) in [6.45, 7) is 6.29. The van der Waals surface area contributed by atoms with E-state index in [1.807, 2.05) is 43.0 Å². The minimum atomic E-state index is -0.0342. The second-order valence-corrected chi connectivity index (χ2v) is 6.28. The fraction of sp³-hybridized carbons (Fsp3) is 0.368. The lowest BCUT2D eigenvalue weighted by Crippen LogP contribution is -2.50. The molecule has 1 aromatic carbocycles. The van der Waals surface area contributed by atoms with Crippen LogP contribution in [0.5, 0.6) is 5.75 Å². The van der Waals surface area contributed by atoms with Gasteiger partial charge < -0.3 is 14.5 Å². The number of piperazine rings is 1. The van der Waals surface area contributed by atoms with Crippen LogP contribution in [0.4, 0.5) is 5.95 Å². The van der Waals surface area contributed by atoms with Gasteiger partial charge in [0, 0.05) is 31.9 Å². The van der Waals surface area contributed by atoms with Crippen LogP contribution in [0.2, 0.25) is 0 Å².